The Kier molecular flexibility index (Phi) is 3.57. The molecule has 18 heavy (non-hydrogen) atoms. The van der Waals surface area contributed by atoms with Crippen LogP contribution in [0, 0.1) is 6.92 Å². The van der Waals surface area contributed by atoms with Crippen molar-refractivity contribution in [1.82, 2.24) is 5.32 Å². The second-order valence-corrected chi connectivity index (χ2v) is 5.20. The molecule has 0 aliphatic carbocycles. The highest BCUT2D eigenvalue weighted by Crippen LogP contribution is 2.21. The fraction of sp³-hybridized carbons (Fsp3) is 0.500. The molecular formula is C14H20N2O2. The molecule has 1 saturated heterocycles. The minimum absolute atomic E-state index is 0.0394. The number of aryl methyl sites for hydroxylation is 1. The number of nitrogens with one attached hydrogen (secondary N) is 1. The highest BCUT2D eigenvalue weighted by atomic mass is 16.5. The minimum atomic E-state index is -0.162. The first-order valence-electron chi connectivity index (χ1n) is 6.27. The van der Waals surface area contributed by atoms with Crippen molar-refractivity contribution in [2.45, 2.75) is 32.2 Å². The van der Waals surface area contributed by atoms with E-state index in [-0.39, 0.29) is 11.4 Å². The Bertz CT molecular complexity index is 451. The van der Waals surface area contributed by atoms with E-state index in [0.717, 1.165) is 18.4 Å². The summed E-state index contributed by atoms with van der Waals surface area (Å²) >= 11 is 0. The SMILES string of the molecule is Cc1cc(C(=O)NC2(C)CCOCC2)ccc1N. The van der Waals surface area contributed by atoms with Crippen molar-refractivity contribution in [3.63, 3.8) is 0 Å². The summed E-state index contributed by atoms with van der Waals surface area (Å²) in [7, 11) is 0. The predicted octanol–water partition coefficient (Wildman–Crippen LogP) is 1.88. The summed E-state index contributed by atoms with van der Waals surface area (Å²) < 4.78 is 5.32. The number of benzene rings is 1. The third-order valence-corrected chi connectivity index (χ3v) is 3.54. The molecule has 98 valence electrons. The van der Waals surface area contributed by atoms with Gasteiger partial charge in [0.2, 0.25) is 0 Å². The molecule has 0 unspecified atom stereocenters. The quantitative estimate of drug-likeness (QED) is 0.785. The fourth-order valence-electron chi connectivity index (χ4n) is 2.11. The molecule has 1 heterocycles. The maximum atomic E-state index is 12.2. The first-order chi connectivity index (χ1) is 8.50. The van der Waals surface area contributed by atoms with E-state index in [0.29, 0.717) is 24.5 Å². The van der Waals surface area contributed by atoms with Crippen LogP contribution in [0.15, 0.2) is 18.2 Å². The summed E-state index contributed by atoms with van der Waals surface area (Å²) in [5, 5.41) is 3.10. The zero-order valence-electron chi connectivity index (χ0n) is 11.0. The van der Waals surface area contributed by atoms with E-state index >= 15 is 0 Å². The zero-order valence-corrected chi connectivity index (χ0v) is 11.0. The third kappa shape index (κ3) is 2.82. The largest absolute Gasteiger partial charge is 0.399 e. The monoisotopic (exact) mass is 248 g/mol. The van der Waals surface area contributed by atoms with E-state index in [9.17, 15) is 4.79 Å². The molecule has 0 aromatic heterocycles. The number of hydrogen-bond donors (Lipinski definition) is 2. The van der Waals surface area contributed by atoms with Crippen LogP contribution in [0.5, 0.6) is 0 Å². The summed E-state index contributed by atoms with van der Waals surface area (Å²) in [5.74, 6) is -0.0394. The predicted molar refractivity (Wildman–Crippen MR) is 71.5 cm³/mol. The number of carbonyl (C=O) groups excluding carboxylic acids is 1. The standard InChI is InChI=1S/C14H20N2O2/c1-10-9-11(3-4-12(10)15)13(17)16-14(2)5-7-18-8-6-14/h3-4,9H,5-8,15H2,1-2H3,(H,16,17). The Morgan fingerprint density at radius 2 is 2.06 bits per heavy atom. The van der Waals surface area contributed by atoms with Crippen molar-refractivity contribution < 1.29 is 9.53 Å². The Balaban J connectivity index is 2.09. The van der Waals surface area contributed by atoms with Crippen LogP contribution >= 0.6 is 0 Å². The van der Waals surface area contributed by atoms with Crippen LogP contribution in [0.2, 0.25) is 0 Å². The summed E-state index contributed by atoms with van der Waals surface area (Å²) in [6.07, 6.45) is 1.71. The van der Waals surface area contributed by atoms with E-state index in [4.69, 9.17) is 10.5 Å². The Morgan fingerprint density at radius 1 is 1.39 bits per heavy atom. The van der Waals surface area contributed by atoms with Gasteiger partial charge in [0.1, 0.15) is 0 Å². The second kappa shape index (κ2) is 4.98. The number of nitrogens with two attached hydrogens (primary N) is 1. The Labute approximate surface area is 108 Å². The van der Waals surface area contributed by atoms with Gasteiger partial charge in [0.05, 0.1) is 0 Å². The minimum Gasteiger partial charge on any atom is -0.399 e. The lowest BCUT2D eigenvalue weighted by molar-refractivity contribution is 0.0423. The van der Waals surface area contributed by atoms with Gasteiger partial charge in [-0.25, -0.2) is 0 Å². The summed E-state index contributed by atoms with van der Waals surface area (Å²) in [5.41, 5.74) is 7.89. The number of amides is 1. The van der Waals surface area contributed by atoms with E-state index in [1.54, 1.807) is 12.1 Å². The van der Waals surface area contributed by atoms with Crippen molar-refractivity contribution >= 4 is 11.6 Å². The van der Waals surface area contributed by atoms with Gasteiger partial charge in [-0.2, -0.15) is 0 Å². The van der Waals surface area contributed by atoms with Crippen molar-refractivity contribution in [1.29, 1.82) is 0 Å². The Hall–Kier alpha value is -1.55. The molecule has 0 radical (unpaired) electrons. The van der Waals surface area contributed by atoms with E-state index in [1.165, 1.54) is 0 Å². The highest BCUT2D eigenvalue weighted by Gasteiger charge is 2.29. The highest BCUT2D eigenvalue weighted by molar-refractivity contribution is 5.95. The molecule has 1 aromatic carbocycles. The molecule has 0 bridgehead atoms. The molecule has 0 spiro atoms. The van der Waals surface area contributed by atoms with Crippen LogP contribution < -0.4 is 11.1 Å². The van der Waals surface area contributed by atoms with Gasteiger partial charge in [0.25, 0.3) is 5.91 Å². The molecular weight excluding hydrogens is 228 g/mol. The van der Waals surface area contributed by atoms with Crippen LogP contribution in [0.1, 0.15) is 35.7 Å². The summed E-state index contributed by atoms with van der Waals surface area (Å²) in [4.78, 5) is 12.2. The van der Waals surface area contributed by atoms with Gasteiger partial charge in [0, 0.05) is 30.0 Å². The summed E-state index contributed by atoms with van der Waals surface area (Å²) in [6, 6.07) is 5.37. The molecule has 3 N–H and O–H groups in total. The van der Waals surface area contributed by atoms with Gasteiger partial charge < -0.3 is 15.8 Å². The second-order valence-electron chi connectivity index (χ2n) is 5.20. The fourth-order valence-corrected chi connectivity index (χ4v) is 2.11. The van der Waals surface area contributed by atoms with Crippen LogP contribution in [0.3, 0.4) is 0 Å². The first kappa shape index (κ1) is 12.9. The molecule has 1 aliphatic heterocycles. The van der Waals surface area contributed by atoms with Crippen LogP contribution in [0.25, 0.3) is 0 Å². The van der Waals surface area contributed by atoms with Crippen molar-refractivity contribution in [2.75, 3.05) is 18.9 Å². The first-order valence-corrected chi connectivity index (χ1v) is 6.27. The molecule has 1 aliphatic rings. The number of hydrogen-bond acceptors (Lipinski definition) is 3. The van der Waals surface area contributed by atoms with Crippen LogP contribution in [0.4, 0.5) is 5.69 Å². The number of rotatable bonds is 2. The van der Waals surface area contributed by atoms with Gasteiger partial charge in [-0.05, 0) is 50.5 Å². The van der Waals surface area contributed by atoms with E-state index in [1.807, 2.05) is 13.0 Å². The number of carbonyl (C=O) groups is 1. The average molecular weight is 248 g/mol. The number of nitrogen functional groups attached to an aromatic ring is 1. The normalized spacial score (nSPS) is 18.3. The van der Waals surface area contributed by atoms with Crippen molar-refractivity contribution in [3.8, 4) is 0 Å². The zero-order chi connectivity index (χ0) is 13.2. The molecule has 0 saturated carbocycles. The van der Waals surface area contributed by atoms with Gasteiger partial charge >= 0.3 is 0 Å². The molecule has 1 fully saturated rings. The summed E-state index contributed by atoms with van der Waals surface area (Å²) in [6.45, 7) is 5.38. The lowest BCUT2D eigenvalue weighted by Crippen LogP contribution is -2.49. The topological polar surface area (TPSA) is 64.3 Å². The van der Waals surface area contributed by atoms with Crippen molar-refractivity contribution in [2.24, 2.45) is 0 Å². The molecule has 4 heteroatoms. The smallest absolute Gasteiger partial charge is 0.251 e. The van der Waals surface area contributed by atoms with Gasteiger partial charge in [-0.1, -0.05) is 0 Å². The maximum Gasteiger partial charge on any atom is 0.251 e. The van der Waals surface area contributed by atoms with E-state index in [2.05, 4.69) is 12.2 Å². The number of anilines is 1. The van der Waals surface area contributed by atoms with Gasteiger partial charge in [-0.15, -0.1) is 0 Å². The molecule has 1 aromatic rings. The Morgan fingerprint density at radius 3 is 2.67 bits per heavy atom. The number of ether oxygens (including phenoxy) is 1. The third-order valence-electron chi connectivity index (χ3n) is 3.54. The van der Waals surface area contributed by atoms with Crippen LogP contribution in [-0.2, 0) is 4.74 Å². The van der Waals surface area contributed by atoms with Crippen molar-refractivity contribution in [3.05, 3.63) is 29.3 Å². The van der Waals surface area contributed by atoms with E-state index < -0.39 is 0 Å². The molecule has 1 amide bonds. The maximum absolute atomic E-state index is 12.2. The molecule has 2 rings (SSSR count). The lowest BCUT2D eigenvalue weighted by Gasteiger charge is -2.34. The average Bonchev–Trinajstić information content (AvgIpc) is 2.33. The lowest BCUT2D eigenvalue weighted by atomic mass is 9.92. The van der Waals surface area contributed by atoms with Gasteiger partial charge in [0.15, 0.2) is 0 Å². The molecule has 0 atom stereocenters. The van der Waals surface area contributed by atoms with Crippen LogP contribution in [-0.4, -0.2) is 24.7 Å². The van der Waals surface area contributed by atoms with Gasteiger partial charge in [-0.3, -0.25) is 4.79 Å². The molecule has 4 nitrogen and oxygen atoms in total.